The van der Waals surface area contributed by atoms with Crippen LogP contribution in [0.3, 0.4) is 0 Å². The third kappa shape index (κ3) is 4.48. The molecule has 2 nitrogen and oxygen atoms in total. The molecular weight excluding hydrogens is 300 g/mol. The first kappa shape index (κ1) is 15.9. The predicted molar refractivity (Wildman–Crippen MR) is 89.2 cm³/mol. The average molecular weight is 318 g/mol. The van der Waals surface area contributed by atoms with Crippen molar-refractivity contribution in [3.05, 3.63) is 71.1 Å². The van der Waals surface area contributed by atoms with Crippen LogP contribution >= 0.6 is 11.8 Å². The minimum Gasteiger partial charge on any atom is -0.223 e. The van der Waals surface area contributed by atoms with Gasteiger partial charge in [-0.15, -0.1) is 0 Å². The van der Waals surface area contributed by atoms with Gasteiger partial charge in [0.15, 0.2) is 9.84 Å². The molecule has 0 atom stereocenters. The Morgan fingerprint density at radius 1 is 0.905 bits per heavy atom. The summed E-state index contributed by atoms with van der Waals surface area (Å²) < 4.78 is 25.0. The summed E-state index contributed by atoms with van der Waals surface area (Å²) in [7, 11) is -3.30. The highest BCUT2D eigenvalue weighted by atomic mass is 32.2. The molecule has 0 saturated heterocycles. The fourth-order valence-corrected chi connectivity index (χ4v) is 4.65. The molecule has 110 valence electrons. The van der Waals surface area contributed by atoms with E-state index in [1.165, 1.54) is 11.8 Å². The minimum absolute atomic E-state index is 0.0406. The first-order valence-electron chi connectivity index (χ1n) is 6.66. The van der Waals surface area contributed by atoms with Crippen molar-refractivity contribution in [1.82, 2.24) is 0 Å². The van der Waals surface area contributed by atoms with Gasteiger partial charge in [0.05, 0.1) is 10.6 Å². The van der Waals surface area contributed by atoms with Crippen LogP contribution in [0.5, 0.6) is 0 Å². The van der Waals surface area contributed by atoms with Crippen molar-refractivity contribution in [1.29, 1.82) is 0 Å². The Hall–Kier alpha value is -1.52. The normalized spacial score (nSPS) is 11.1. The van der Waals surface area contributed by atoms with Crippen LogP contribution in [0.25, 0.3) is 0 Å². The van der Waals surface area contributed by atoms with Crippen molar-refractivity contribution in [3.63, 3.8) is 0 Å². The Balaban J connectivity index is 2.24. The smallest absolute Gasteiger partial charge is 0.183 e. The van der Waals surface area contributed by atoms with E-state index in [1.54, 1.807) is 24.3 Å². The van der Waals surface area contributed by atoms with Gasteiger partial charge in [0.2, 0.25) is 0 Å². The molecule has 0 spiro atoms. The summed E-state index contributed by atoms with van der Waals surface area (Å²) in [5, 5.41) is 0. The number of hydrogen-bond donors (Lipinski definition) is 0. The number of hydrogen-bond acceptors (Lipinski definition) is 3. The molecule has 0 saturated carbocycles. The highest BCUT2D eigenvalue weighted by Crippen LogP contribution is 2.31. The zero-order chi connectivity index (χ0) is 15.3. The molecule has 21 heavy (non-hydrogen) atoms. The van der Waals surface area contributed by atoms with Gasteiger partial charge in [0.25, 0.3) is 0 Å². The van der Waals surface area contributed by atoms with Gasteiger partial charge in [0.1, 0.15) is 0 Å². The molecule has 0 heterocycles. The van der Waals surface area contributed by atoms with E-state index >= 15 is 0 Å². The van der Waals surface area contributed by atoms with Crippen LogP contribution in [0, 0.1) is 0 Å². The first-order chi connectivity index (χ1) is 9.99. The number of allylic oxidation sites excluding steroid dienone is 1. The SMILES string of the molecule is CC(C)=C(CS(=O)(=O)c1ccccc1)Sc1ccccc1. The van der Waals surface area contributed by atoms with E-state index < -0.39 is 9.84 Å². The van der Waals surface area contributed by atoms with E-state index in [9.17, 15) is 8.42 Å². The lowest BCUT2D eigenvalue weighted by atomic mass is 10.3. The number of benzene rings is 2. The molecule has 0 aromatic heterocycles. The second kappa shape index (κ2) is 6.96. The summed E-state index contributed by atoms with van der Waals surface area (Å²) in [5.74, 6) is 0.0406. The monoisotopic (exact) mass is 318 g/mol. The summed E-state index contributed by atoms with van der Waals surface area (Å²) in [4.78, 5) is 2.31. The van der Waals surface area contributed by atoms with Gasteiger partial charge < -0.3 is 0 Å². The van der Waals surface area contributed by atoms with Crippen LogP contribution in [0.4, 0.5) is 0 Å². The van der Waals surface area contributed by atoms with Gasteiger partial charge in [-0.1, -0.05) is 53.7 Å². The molecule has 2 aromatic rings. The molecule has 0 unspecified atom stereocenters. The Labute approximate surface area is 130 Å². The first-order valence-corrected chi connectivity index (χ1v) is 9.13. The molecule has 0 bridgehead atoms. The maximum Gasteiger partial charge on any atom is 0.183 e. The zero-order valence-electron chi connectivity index (χ0n) is 12.1. The van der Waals surface area contributed by atoms with Crippen molar-refractivity contribution < 1.29 is 8.42 Å². The van der Waals surface area contributed by atoms with E-state index in [-0.39, 0.29) is 5.75 Å². The molecule has 0 N–H and O–H groups in total. The summed E-state index contributed by atoms with van der Waals surface area (Å²) >= 11 is 1.52. The van der Waals surface area contributed by atoms with Crippen molar-refractivity contribution >= 4 is 21.6 Å². The summed E-state index contributed by atoms with van der Waals surface area (Å²) in [6.45, 7) is 3.90. The average Bonchev–Trinajstić information content (AvgIpc) is 2.48. The van der Waals surface area contributed by atoms with Crippen LogP contribution in [0.1, 0.15) is 13.8 Å². The summed E-state index contributed by atoms with van der Waals surface area (Å²) in [5.41, 5.74) is 1.03. The Morgan fingerprint density at radius 3 is 1.95 bits per heavy atom. The van der Waals surface area contributed by atoms with Crippen molar-refractivity contribution in [2.24, 2.45) is 0 Å². The number of sulfone groups is 1. The maximum absolute atomic E-state index is 12.5. The van der Waals surface area contributed by atoms with Crippen LogP contribution in [-0.4, -0.2) is 14.2 Å². The quantitative estimate of drug-likeness (QED) is 0.759. The van der Waals surface area contributed by atoms with Gasteiger partial charge in [-0.3, -0.25) is 0 Å². The second-order valence-electron chi connectivity index (χ2n) is 4.91. The van der Waals surface area contributed by atoms with Crippen LogP contribution in [0.15, 0.2) is 80.9 Å². The molecule has 4 heteroatoms. The molecule has 2 rings (SSSR count). The van der Waals surface area contributed by atoms with Gasteiger partial charge in [0, 0.05) is 9.80 Å². The van der Waals surface area contributed by atoms with Gasteiger partial charge >= 0.3 is 0 Å². The fourth-order valence-electron chi connectivity index (χ4n) is 1.79. The van der Waals surface area contributed by atoms with Crippen molar-refractivity contribution in [3.8, 4) is 0 Å². The van der Waals surface area contributed by atoms with Crippen LogP contribution in [-0.2, 0) is 9.84 Å². The maximum atomic E-state index is 12.5. The molecule has 0 aliphatic carbocycles. The van der Waals surface area contributed by atoms with Gasteiger partial charge in [-0.2, -0.15) is 0 Å². The minimum atomic E-state index is -3.30. The molecule has 0 aliphatic heterocycles. The van der Waals surface area contributed by atoms with E-state index in [0.717, 1.165) is 15.4 Å². The highest BCUT2D eigenvalue weighted by Gasteiger charge is 2.18. The summed E-state index contributed by atoms with van der Waals surface area (Å²) in [6, 6.07) is 18.4. The predicted octanol–water partition coefficient (Wildman–Crippen LogP) is 4.55. The third-order valence-corrected chi connectivity index (χ3v) is 6.11. The van der Waals surface area contributed by atoms with E-state index in [0.29, 0.717) is 4.90 Å². The van der Waals surface area contributed by atoms with Crippen molar-refractivity contribution in [2.45, 2.75) is 23.6 Å². The van der Waals surface area contributed by atoms with Gasteiger partial charge in [-0.05, 0) is 38.1 Å². The van der Waals surface area contributed by atoms with Gasteiger partial charge in [-0.25, -0.2) is 8.42 Å². The Kier molecular flexibility index (Phi) is 5.26. The Morgan fingerprint density at radius 2 is 1.43 bits per heavy atom. The number of rotatable bonds is 5. The lowest BCUT2D eigenvalue weighted by Crippen LogP contribution is -2.08. The molecule has 2 aromatic carbocycles. The topological polar surface area (TPSA) is 34.1 Å². The highest BCUT2D eigenvalue weighted by molar-refractivity contribution is 8.04. The largest absolute Gasteiger partial charge is 0.223 e. The molecule has 0 fully saturated rings. The molecule has 0 aliphatic rings. The zero-order valence-corrected chi connectivity index (χ0v) is 13.7. The Bertz CT molecular complexity index is 714. The number of thioether (sulfide) groups is 1. The van der Waals surface area contributed by atoms with E-state index in [2.05, 4.69) is 0 Å². The fraction of sp³-hybridized carbons (Fsp3) is 0.176. The summed E-state index contributed by atoms with van der Waals surface area (Å²) in [6.07, 6.45) is 0. The van der Waals surface area contributed by atoms with Crippen molar-refractivity contribution in [2.75, 3.05) is 5.75 Å². The lowest BCUT2D eigenvalue weighted by Gasteiger charge is -2.11. The molecule has 0 radical (unpaired) electrons. The standard InChI is InChI=1S/C17H18O2S2/c1-14(2)17(20-15-9-5-3-6-10-15)13-21(18,19)16-11-7-4-8-12-16/h3-12H,13H2,1-2H3. The second-order valence-corrected chi connectivity index (χ2v) is 8.07. The molecule has 0 amide bonds. The van der Waals surface area contributed by atoms with E-state index in [4.69, 9.17) is 0 Å². The molecular formula is C17H18O2S2. The lowest BCUT2D eigenvalue weighted by molar-refractivity contribution is 0.598. The van der Waals surface area contributed by atoms with Crippen LogP contribution in [0.2, 0.25) is 0 Å². The van der Waals surface area contributed by atoms with Crippen LogP contribution < -0.4 is 0 Å². The van der Waals surface area contributed by atoms with E-state index in [1.807, 2.05) is 50.2 Å². The third-order valence-electron chi connectivity index (χ3n) is 2.97.